The summed E-state index contributed by atoms with van der Waals surface area (Å²) in [5.41, 5.74) is 0.559. The van der Waals surface area contributed by atoms with Crippen molar-refractivity contribution in [3.05, 3.63) is 46.2 Å². The third-order valence-corrected chi connectivity index (χ3v) is 4.80. The molecule has 0 spiro atoms. The highest BCUT2D eigenvalue weighted by Crippen LogP contribution is 2.25. The van der Waals surface area contributed by atoms with Crippen LogP contribution in [-0.2, 0) is 13.0 Å². The fourth-order valence-corrected chi connectivity index (χ4v) is 3.42. The molecule has 0 saturated carbocycles. The maximum Gasteiger partial charge on any atom is 0.387 e. The summed E-state index contributed by atoms with van der Waals surface area (Å²) in [5.74, 6) is 1.70. The normalized spacial score (nSPS) is 12.7. The molecule has 2 aromatic rings. The van der Waals surface area contributed by atoms with Gasteiger partial charge in [-0.15, -0.1) is 11.3 Å². The van der Waals surface area contributed by atoms with Crippen molar-refractivity contribution >= 4 is 17.3 Å². The Kier molecular flexibility index (Phi) is 8.32. The number of guanidine groups is 1. The van der Waals surface area contributed by atoms with E-state index < -0.39 is 6.61 Å². The van der Waals surface area contributed by atoms with E-state index in [9.17, 15) is 8.78 Å². The summed E-state index contributed by atoms with van der Waals surface area (Å²) < 4.78 is 34.9. The van der Waals surface area contributed by atoms with Crippen molar-refractivity contribution in [1.29, 1.82) is 0 Å². The lowest BCUT2D eigenvalue weighted by Crippen LogP contribution is -2.39. The van der Waals surface area contributed by atoms with Gasteiger partial charge in [0.1, 0.15) is 11.5 Å². The number of nitrogens with zero attached hydrogens (tertiary/aromatic N) is 1. The summed E-state index contributed by atoms with van der Waals surface area (Å²) in [4.78, 5) is 5.53. The smallest absolute Gasteiger partial charge is 0.387 e. The molecule has 8 heteroatoms. The van der Waals surface area contributed by atoms with E-state index in [4.69, 9.17) is 4.74 Å². The van der Waals surface area contributed by atoms with Crippen LogP contribution in [-0.4, -0.2) is 33.3 Å². The number of aliphatic imine (C=N–C) groups is 1. The molecule has 1 unspecified atom stereocenters. The molecule has 2 N–H and O–H groups in total. The molecule has 148 valence electrons. The van der Waals surface area contributed by atoms with Crippen LogP contribution in [0, 0.1) is 5.92 Å². The fraction of sp³-hybridized carbons (Fsp3) is 0.421. The number of nitrogens with one attached hydrogen (secondary N) is 2. The zero-order valence-corrected chi connectivity index (χ0v) is 16.5. The van der Waals surface area contributed by atoms with E-state index in [1.54, 1.807) is 30.5 Å². The summed E-state index contributed by atoms with van der Waals surface area (Å²) in [5, 5.41) is 8.46. The standard InChI is InChI=1S/C19H25F2N3O2S/c1-13(9-16-5-4-8-27-16)11-23-19(22-2)24-12-14-10-15(25-3)6-7-17(14)26-18(20)21/h4-8,10,13,18H,9,11-12H2,1-3H3,(H2,22,23,24). The molecule has 1 atom stereocenters. The number of rotatable bonds is 9. The van der Waals surface area contributed by atoms with E-state index in [-0.39, 0.29) is 12.3 Å². The Labute approximate surface area is 162 Å². The molecule has 0 amide bonds. The van der Waals surface area contributed by atoms with Crippen molar-refractivity contribution in [1.82, 2.24) is 10.6 Å². The summed E-state index contributed by atoms with van der Waals surface area (Å²) in [7, 11) is 3.19. The Bertz CT molecular complexity index is 724. The number of hydrogen-bond acceptors (Lipinski definition) is 4. The van der Waals surface area contributed by atoms with Gasteiger partial charge in [-0.2, -0.15) is 8.78 Å². The lowest BCUT2D eigenvalue weighted by molar-refractivity contribution is -0.0504. The van der Waals surface area contributed by atoms with Gasteiger partial charge in [0.15, 0.2) is 5.96 Å². The Morgan fingerprint density at radius 1 is 1.26 bits per heavy atom. The van der Waals surface area contributed by atoms with Crippen molar-refractivity contribution < 1.29 is 18.3 Å². The summed E-state index contributed by atoms with van der Waals surface area (Å²) in [6, 6.07) is 8.90. The van der Waals surface area contributed by atoms with Crippen LogP contribution < -0.4 is 20.1 Å². The third-order valence-electron chi connectivity index (χ3n) is 3.90. The summed E-state index contributed by atoms with van der Waals surface area (Å²) in [6.45, 7) is 0.304. The number of benzene rings is 1. The van der Waals surface area contributed by atoms with Crippen molar-refractivity contribution in [2.75, 3.05) is 20.7 Å². The highest BCUT2D eigenvalue weighted by molar-refractivity contribution is 7.09. The number of thiophene rings is 1. The number of halogens is 2. The first-order valence-corrected chi connectivity index (χ1v) is 9.48. The number of ether oxygens (including phenoxy) is 2. The second kappa shape index (κ2) is 10.7. The highest BCUT2D eigenvalue weighted by Gasteiger charge is 2.12. The Hall–Kier alpha value is -2.35. The third kappa shape index (κ3) is 7.05. The van der Waals surface area contributed by atoms with E-state index in [1.165, 1.54) is 18.1 Å². The molecule has 1 aromatic heterocycles. The van der Waals surface area contributed by atoms with Gasteiger partial charge in [0.25, 0.3) is 0 Å². The van der Waals surface area contributed by atoms with Crippen LogP contribution in [0.3, 0.4) is 0 Å². The predicted molar refractivity (Wildman–Crippen MR) is 105 cm³/mol. The van der Waals surface area contributed by atoms with Crippen LogP contribution in [0.5, 0.6) is 11.5 Å². The molecule has 2 rings (SSSR count). The monoisotopic (exact) mass is 397 g/mol. The minimum Gasteiger partial charge on any atom is -0.497 e. The lowest BCUT2D eigenvalue weighted by atomic mass is 10.1. The van der Waals surface area contributed by atoms with E-state index in [0.29, 0.717) is 23.2 Å². The first kappa shape index (κ1) is 21.0. The van der Waals surface area contributed by atoms with E-state index in [0.717, 1.165) is 13.0 Å². The van der Waals surface area contributed by atoms with E-state index >= 15 is 0 Å². The van der Waals surface area contributed by atoms with E-state index in [1.807, 2.05) is 6.07 Å². The van der Waals surface area contributed by atoms with Gasteiger partial charge in [-0.1, -0.05) is 13.0 Å². The minimum absolute atomic E-state index is 0.111. The zero-order valence-electron chi connectivity index (χ0n) is 15.7. The van der Waals surface area contributed by atoms with Gasteiger partial charge in [0.2, 0.25) is 0 Å². The summed E-state index contributed by atoms with van der Waals surface area (Å²) in [6.07, 6.45) is 0.990. The topological polar surface area (TPSA) is 54.9 Å². The van der Waals surface area contributed by atoms with Gasteiger partial charge in [0, 0.05) is 30.6 Å². The average molecular weight is 397 g/mol. The molecule has 0 aliphatic heterocycles. The Balaban J connectivity index is 1.91. The van der Waals surface area contributed by atoms with Crippen LogP contribution in [0.25, 0.3) is 0 Å². The minimum atomic E-state index is -2.88. The second-order valence-electron chi connectivity index (χ2n) is 6.05. The van der Waals surface area contributed by atoms with E-state index in [2.05, 4.69) is 38.7 Å². The maximum atomic E-state index is 12.6. The van der Waals surface area contributed by atoms with Gasteiger partial charge in [0.05, 0.1) is 7.11 Å². The molecular weight excluding hydrogens is 372 g/mol. The van der Waals surface area contributed by atoms with Crippen LogP contribution >= 0.6 is 11.3 Å². The van der Waals surface area contributed by atoms with Crippen LogP contribution in [0.4, 0.5) is 8.78 Å². The molecule has 0 bridgehead atoms. The maximum absolute atomic E-state index is 12.6. The number of alkyl halides is 2. The summed E-state index contributed by atoms with van der Waals surface area (Å²) >= 11 is 1.75. The number of methoxy groups -OCH3 is 1. The van der Waals surface area contributed by atoms with Crippen molar-refractivity contribution in [2.45, 2.75) is 26.5 Å². The van der Waals surface area contributed by atoms with Crippen molar-refractivity contribution in [3.63, 3.8) is 0 Å². The quantitative estimate of drug-likeness (QED) is 0.498. The van der Waals surface area contributed by atoms with Crippen LogP contribution in [0.2, 0.25) is 0 Å². The molecular formula is C19H25F2N3O2S. The molecule has 0 radical (unpaired) electrons. The molecule has 0 aliphatic carbocycles. The predicted octanol–water partition coefficient (Wildman–Crippen LogP) is 3.90. The van der Waals surface area contributed by atoms with Crippen LogP contribution in [0.1, 0.15) is 17.4 Å². The van der Waals surface area contributed by atoms with Crippen molar-refractivity contribution in [3.8, 4) is 11.5 Å². The SMILES string of the molecule is CN=C(NCc1cc(OC)ccc1OC(F)F)NCC(C)Cc1cccs1. The number of hydrogen-bond donors (Lipinski definition) is 2. The van der Waals surface area contributed by atoms with Gasteiger partial charge < -0.3 is 20.1 Å². The lowest BCUT2D eigenvalue weighted by Gasteiger charge is -2.17. The van der Waals surface area contributed by atoms with Crippen LogP contribution in [0.15, 0.2) is 40.7 Å². The van der Waals surface area contributed by atoms with Gasteiger partial charge in [-0.25, -0.2) is 0 Å². The van der Waals surface area contributed by atoms with Gasteiger partial charge >= 0.3 is 6.61 Å². The molecule has 27 heavy (non-hydrogen) atoms. The molecule has 0 aliphatic rings. The molecule has 1 heterocycles. The highest BCUT2D eigenvalue weighted by atomic mass is 32.1. The first-order valence-electron chi connectivity index (χ1n) is 8.60. The fourth-order valence-electron chi connectivity index (χ4n) is 2.55. The van der Waals surface area contributed by atoms with Gasteiger partial charge in [-0.3, -0.25) is 4.99 Å². The molecule has 0 fully saturated rings. The molecule has 1 aromatic carbocycles. The first-order chi connectivity index (χ1) is 13.0. The van der Waals surface area contributed by atoms with Crippen molar-refractivity contribution in [2.24, 2.45) is 10.9 Å². The Morgan fingerprint density at radius 2 is 2.07 bits per heavy atom. The molecule has 0 saturated heterocycles. The zero-order chi connectivity index (χ0) is 19.6. The second-order valence-corrected chi connectivity index (χ2v) is 7.08. The molecule has 5 nitrogen and oxygen atoms in total. The Morgan fingerprint density at radius 3 is 2.70 bits per heavy atom. The largest absolute Gasteiger partial charge is 0.497 e. The van der Waals surface area contributed by atoms with Gasteiger partial charge in [-0.05, 0) is 42.0 Å². The average Bonchev–Trinajstić information content (AvgIpc) is 3.15.